The van der Waals surface area contributed by atoms with E-state index in [-0.39, 0.29) is 0 Å². The topological polar surface area (TPSA) is 26.0 Å². The Balaban J connectivity index is 2.09. The Morgan fingerprint density at radius 2 is 1.76 bits per heavy atom. The average Bonchev–Trinajstić information content (AvgIpc) is 2.84. The number of benzene rings is 2. The van der Waals surface area contributed by atoms with Crippen LogP contribution >= 0.6 is 0 Å². The maximum absolute atomic E-state index is 6.11. The van der Waals surface area contributed by atoms with Gasteiger partial charge in [-0.3, -0.25) is 0 Å². The second kappa shape index (κ2) is 4.92. The fourth-order valence-electron chi connectivity index (χ4n) is 2.78. The fraction of sp³-hybridized carbons (Fsp3) is 0.0556. The number of nitrogens with zero attached hydrogens (tertiary/aromatic N) is 1. The van der Waals surface area contributed by atoms with Crippen molar-refractivity contribution < 1.29 is 4.42 Å². The molecule has 0 unspecified atom stereocenters. The van der Waals surface area contributed by atoms with Crippen molar-refractivity contribution in [1.82, 2.24) is 4.98 Å². The van der Waals surface area contributed by atoms with Gasteiger partial charge in [0, 0.05) is 0 Å². The van der Waals surface area contributed by atoms with Crippen LogP contribution < -0.4 is 3.40 Å². The van der Waals surface area contributed by atoms with Crippen molar-refractivity contribution >= 4 is 50.1 Å². The molecule has 0 N–H and O–H groups in total. The van der Waals surface area contributed by atoms with Crippen LogP contribution in [0.25, 0.3) is 33.1 Å². The van der Waals surface area contributed by atoms with Crippen molar-refractivity contribution in [2.24, 2.45) is 0 Å². The number of aryl methyl sites for hydroxylation is 1. The van der Waals surface area contributed by atoms with Gasteiger partial charge in [0.05, 0.1) is 0 Å². The third kappa shape index (κ3) is 2.17. The molecule has 2 aromatic carbocycles. The van der Waals surface area contributed by atoms with Gasteiger partial charge in [0.15, 0.2) is 0 Å². The predicted octanol–water partition coefficient (Wildman–Crippen LogP) is 3.75. The molecule has 0 aliphatic rings. The molecule has 0 saturated heterocycles. The van der Waals surface area contributed by atoms with Crippen LogP contribution in [0, 0.1) is 6.92 Å². The first-order chi connectivity index (χ1) is 10.2. The van der Waals surface area contributed by atoms with Crippen LogP contribution in [0.15, 0.2) is 59.0 Å². The standard InChI is InChI=1S/C18H12NO.Bi/c1-12-11-13(9-10-19-12)14-6-4-7-16-15-5-2-3-8-17(15)20-18(14)16;/h2-9,11H,1H3;. The van der Waals surface area contributed by atoms with Gasteiger partial charge in [-0.15, -0.1) is 0 Å². The van der Waals surface area contributed by atoms with Gasteiger partial charge in [-0.1, -0.05) is 0 Å². The van der Waals surface area contributed by atoms with Crippen LogP contribution in [0.1, 0.15) is 5.69 Å². The zero-order valence-corrected chi connectivity index (χ0v) is 15.0. The van der Waals surface area contributed by atoms with Crippen LogP contribution in [0.3, 0.4) is 0 Å². The van der Waals surface area contributed by atoms with E-state index in [1.54, 1.807) is 0 Å². The van der Waals surface area contributed by atoms with E-state index in [9.17, 15) is 0 Å². The Labute approximate surface area is 137 Å². The molecule has 21 heavy (non-hydrogen) atoms. The molecule has 0 bridgehead atoms. The monoisotopic (exact) mass is 467 g/mol. The van der Waals surface area contributed by atoms with Crippen molar-refractivity contribution in [3.05, 3.63) is 60.3 Å². The molecule has 0 spiro atoms. The molecule has 4 aromatic rings. The molecular formula is C18H12BiNO. The van der Waals surface area contributed by atoms with Crippen molar-refractivity contribution in [1.29, 1.82) is 0 Å². The number of fused-ring (bicyclic) bond motifs is 3. The second-order valence-electron chi connectivity index (χ2n) is 5.14. The molecule has 2 radical (unpaired) electrons. The number of pyridine rings is 1. The van der Waals surface area contributed by atoms with Crippen molar-refractivity contribution in [2.45, 2.75) is 6.92 Å². The molecule has 0 fully saturated rings. The molecule has 0 aliphatic carbocycles. The van der Waals surface area contributed by atoms with E-state index in [4.69, 9.17) is 4.42 Å². The quantitative estimate of drug-likeness (QED) is 0.399. The Kier molecular flexibility index (Phi) is 3.04. The summed E-state index contributed by atoms with van der Waals surface area (Å²) in [4.78, 5) is 4.50. The molecule has 2 heterocycles. The molecule has 0 aliphatic heterocycles. The number of furan rings is 1. The van der Waals surface area contributed by atoms with Gasteiger partial charge in [-0.05, 0) is 0 Å². The Morgan fingerprint density at radius 3 is 2.62 bits per heavy atom. The molecule has 4 rings (SSSR count). The first-order valence-corrected chi connectivity index (χ1v) is 8.54. The number of hydrogen-bond donors (Lipinski definition) is 0. The molecule has 3 heteroatoms. The Morgan fingerprint density at radius 1 is 0.952 bits per heavy atom. The van der Waals surface area contributed by atoms with E-state index >= 15 is 0 Å². The minimum absolute atomic E-state index is 0.940. The van der Waals surface area contributed by atoms with Gasteiger partial charge in [0.2, 0.25) is 0 Å². The number of hydrogen-bond acceptors (Lipinski definition) is 2. The first-order valence-electron chi connectivity index (χ1n) is 6.81. The van der Waals surface area contributed by atoms with Crippen LogP contribution in [-0.4, -0.2) is 29.7 Å². The van der Waals surface area contributed by atoms with Gasteiger partial charge in [0.25, 0.3) is 0 Å². The van der Waals surface area contributed by atoms with E-state index in [1.165, 1.54) is 41.1 Å². The zero-order valence-electron chi connectivity index (χ0n) is 11.5. The van der Waals surface area contributed by atoms with Crippen LogP contribution in [-0.2, 0) is 0 Å². The number of rotatable bonds is 1. The summed E-state index contributed by atoms with van der Waals surface area (Å²) in [5.41, 5.74) is 5.28. The third-order valence-corrected chi connectivity index (χ3v) is 4.55. The van der Waals surface area contributed by atoms with Crippen molar-refractivity contribution in [3.63, 3.8) is 0 Å². The van der Waals surface area contributed by atoms with Gasteiger partial charge < -0.3 is 0 Å². The van der Waals surface area contributed by atoms with Gasteiger partial charge in [-0.25, -0.2) is 0 Å². The molecule has 2 nitrogen and oxygen atoms in total. The number of aromatic nitrogens is 1. The zero-order chi connectivity index (χ0) is 14.4. The molecule has 0 amide bonds. The van der Waals surface area contributed by atoms with Gasteiger partial charge >= 0.3 is 138 Å². The molecular weight excluding hydrogens is 455 g/mol. The summed E-state index contributed by atoms with van der Waals surface area (Å²) in [5.74, 6) is 0. The predicted molar refractivity (Wildman–Crippen MR) is 87.1 cm³/mol. The normalized spacial score (nSPS) is 11.3. The van der Waals surface area contributed by atoms with E-state index < -0.39 is 0 Å². The van der Waals surface area contributed by atoms with E-state index in [0.717, 1.165) is 25.8 Å². The molecule has 2 aromatic heterocycles. The summed E-state index contributed by atoms with van der Waals surface area (Å²) in [6.07, 6.45) is 0. The van der Waals surface area contributed by atoms with Gasteiger partial charge in [-0.2, -0.15) is 0 Å². The van der Waals surface area contributed by atoms with Crippen LogP contribution in [0.2, 0.25) is 0 Å². The average molecular weight is 467 g/mol. The third-order valence-electron chi connectivity index (χ3n) is 3.66. The van der Waals surface area contributed by atoms with Crippen LogP contribution in [0.4, 0.5) is 0 Å². The Hall–Kier alpha value is -1.73. The minimum atomic E-state index is 0.940. The van der Waals surface area contributed by atoms with E-state index in [2.05, 4.69) is 47.4 Å². The second-order valence-corrected chi connectivity index (χ2v) is 6.92. The molecule has 0 saturated carbocycles. The first kappa shape index (κ1) is 13.0. The van der Waals surface area contributed by atoms with Crippen LogP contribution in [0.5, 0.6) is 0 Å². The summed E-state index contributed by atoms with van der Waals surface area (Å²) in [6, 6.07) is 18.8. The van der Waals surface area contributed by atoms with Crippen molar-refractivity contribution in [3.8, 4) is 11.1 Å². The summed E-state index contributed by atoms with van der Waals surface area (Å²) in [6.45, 7) is 2.04. The molecule has 100 valence electrons. The maximum atomic E-state index is 6.11. The summed E-state index contributed by atoms with van der Waals surface area (Å²) >= 11 is 1.17. The van der Waals surface area contributed by atoms with Crippen molar-refractivity contribution in [2.75, 3.05) is 0 Å². The summed E-state index contributed by atoms with van der Waals surface area (Å²) in [5, 5.41) is 2.34. The van der Waals surface area contributed by atoms with E-state index in [0.29, 0.717) is 0 Å². The fourth-order valence-corrected chi connectivity index (χ4v) is 3.93. The van der Waals surface area contributed by atoms with Gasteiger partial charge in [0.1, 0.15) is 0 Å². The SMILES string of the molecule is Cc1cc(-c2cccc3c2oc2ccccc23)c[c]([Bi])n1. The van der Waals surface area contributed by atoms with E-state index in [1.807, 2.05) is 19.1 Å². The summed E-state index contributed by atoms with van der Waals surface area (Å²) in [7, 11) is 0. The number of para-hydroxylation sites is 2. The summed E-state index contributed by atoms with van der Waals surface area (Å²) < 4.78 is 7.24. The Bertz CT molecular complexity index is 951. The molecule has 0 atom stereocenters.